The molecule has 0 atom stereocenters. The van der Waals surface area contributed by atoms with Gasteiger partial charge in [0.1, 0.15) is 5.69 Å². The lowest BCUT2D eigenvalue weighted by Gasteiger charge is -2.12. The molecule has 2 amide bonds. The van der Waals surface area contributed by atoms with E-state index in [0.717, 1.165) is 12.1 Å². The second-order valence-corrected chi connectivity index (χ2v) is 5.43. The van der Waals surface area contributed by atoms with Crippen molar-refractivity contribution >= 4 is 17.8 Å². The molecule has 1 aromatic heterocycles. The number of hydrogen-bond donors (Lipinski definition) is 0. The molecule has 10 heteroatoms. The summed E-state index contributed by atoms with van der Waals surface area (Å²) in [5.74, 6) is -1.67. The van der Waals surface area contributed by atoms with Crippen molar-refractivity contribution < 1.29 is 28.7 Å². The van der Waals surface area contributed by atoms with E-state index >= 15 is 0 Å². The van der Waals surface area contributed by atoms with Gasteiger partial charge in [-0.05, 0) is 6.42 Å². The van der Waals surface area contributed by atoms with E-state index in [9.17, 15) is 14.4 Å². The molecule has 10 nitrogen and oxygen atoms in total. The summed E-state index contributed by atoms with van der Waals surface area (Å²) in [6, 6.07) is 0. The highest BCUT2D eigenvalue weighted by Gasteiger charge is 2.32. The molecule has 0 N–H and O–H groups in total. The maximum absolute atomic E-state index is 11.6. The topological polar surface area (TPSA) is 113 Å². The number of hydrogen-bond acceptors (Lipinski definition) is 8. The minimum absolute atomic E-state index is 0.0511. The van der Waals surface area contributed by atoms with Crippen molar-refractivity contribution in [2.75, 3.05) is 19.8 Å². The van der Waals surface area contributed by atoms with Crippen molar-refractivity contribution in [3.05, 3.63) is 11.9 Å². The van der Waals surface area contributed by atoms with Gasteiger partial charge in [0.25, 0.3) is 11.8 Å². The molecule has 1 aromatic rings. The first-order valence-electron chi connectivity index (χ1n) is 8.21. The van der Waals surface area contributed by atoms with Crippen LogP contribution in [0, 0.1) is 0 Å². The first kappa shape index (κ1) is 19.0. The first-order chi connectivity index (χ1) is 12.1. The number of carbonyl (C=O) groups is 3. The molecule has 0 saturated carbocycles. The van der Waals surface area contributed by atoms with Gasteiger partial charge in [-0.3, -0.25) is 9.59 Å². The second kappa shape index (κ2) is 9.84. The van der Waals surface area contributed by atoms with E-state index in [2.05, 4.69) is 10.3 Å². The summed E-state index contributed by atoms with van der Waals surface area (Å²) in [6.07, 6.45) is 2.82. The number of hydroxylamine groups is 2. The lowest BCUT2D eigenvalue weighted by molar-refractivity contribution is -0.198. The molecule has 0 aromatic carbocycles. The zero-order valence-electron chi connectivity index (χ0n) is 14.2. The van der Waals surface area contributed by atoms with Gasteiger partial charge in [-0.25, -0.2) is 9.48 Å². The van der Waals surface area contributed by atoms with Crippen molar-refractivity contribution in [1.82, 2.24) is 20.1 Å². The highest BCUT2D eigenvalue weighted by atomic mass is 16.7. The standard InChI is InChI=1S/C15H22N4O6/c1-2-7-24-11-12-10-18(17-16-12)6-9-23-8-5-15(22)25-19-13(20)3-4-14(19)21/h10H,2-9,11H2,1H3. The zero-order chi connectivity index (χ0) is 18.1. The van der Waals surface area contributed by atoms with Gasteiger partial charge in [0.2, 0.25) is 0 Å². The fourth-order valence-electron chi connectivity index (χ4n) is 2.06. The minimum atomic E-state index is -0.681. The van der Waals surface area contributed by atoms with Gasteiger partial charge in [0, 0.05) is 19.4 Å². The summed E-state index contributed by atoms with van der Waals surface area (Å²) in [5.41, 5.74) is 0.747. The van der Waals surface area contributed by atoms with E-state index in [0.29, 0.717) is 31.4 Å². The van der Waals surface area contributed by atoms with Crippen LogP contribution in [-0.2, 0) is 41.8 Å². The first-order valence-corrected chi connectivity index (χ1v) is 8.21. The molecule has 2 heterocycles. The summed E-state index contributed by atoms with van der Waals surface area (Å²) < 4.78 is 12.3. The van der Waals surface area contributed by atoms with Crippen LogP contribution in [0.1, 0.15) is 38.3 Å². The Morgan fingerprint density at radius 3 is 2.64 bits per heavy atom. The van der Waals surface area contributed by atoms with Gasteiger partial charge in [-0.15, -0.1) is 10.2 Å². The number of nitrogens with zero attached hydrogens (tertiary/aromatic N) is 4. The van der Waals surface area contributed by atoms with Crippen LogP contribution in [0.15, 0.2) is 6.20 Å². The third-order valence-corrected chi connectivity index (χ3v) is 3.30. The predicted molar refractivity (Wildman–Crippen MR) is 82.6 cm³/mol. The van der Waals surface area contributed by atoms with Crippen LogP contribution in [0.3, 0.4) is 0 Å². The van der Waals surface area contributed by atoms with Crippen molar-refractivity contribution in [1.29, 1.82) is 0 Å². The lowest BCUT2D eigenvalue weighted by Crippen LogP contribution is -2.32. The highest BCUT2D eigenvalue weighted by molar-refractivity contribution is 6.01. The van der Waals surface area contributed by atoms with Crippen molar-refractivity contribution in [2.45, 2.75) is 45.8 Å². The third-order valence-electron chi connectivity index (χ3n) is 3.30. The molecule has 2 rings (SSSR count). The van der Waals surface area contributed by atoms with E-state index in [4.69, 9.17) is 14.3 Å². The van der Waals surface area contributed by atoms with Gasteiger partial charge in [0.15, 0.2) is 0 Å². The van der Waals surface area contributed by atoms with E-state index in [1.54, 1.807) is 10.9 Å². The smallest absolute Gasteiger partial charge is 0.335 e. The molecular weight excluding hydrogens is 332 g/mol. The van der Waals surface area contributed by atoms with Crippen LogP contribution in [0.5, 0.6) is 0 Å². The Labute approximate surface area is 145 Å². The number of imide groups is 1. The van der Waals surface area contributed by atoms with Crippen molar-refractivity contribution in [2.24, 2.45) is 0 Å². The van der Waals surface area contributed by atoms with Gasteiger partial charge < -0.3 is 14.3 Å². The Bertz CT molecular complexity index is 587. The molecule has 1 fully saturated rings. The molecule has 1 aliphatic rings. The van der Waals surface area contributed by atoms with Crippen LogP contribution in [0.2, 0.25) is 0 Å². The highest BCUT2D eigenvalue weighted by Crippen LogP contribution is 2.12. The molecule has 0 unspecified atom stereocenters. The average Bonchev–Trinajstić information content (AvgIpc) is 3.16. The Morgan fingerprint density at radius 2 is 1.92 bits per heavy atom. The van der Waals surface area contributed by atoms with E-state index in [1.807, 2.05) is 6.92 Å². The molecule has 0 aliphatic carbocycles. The predicted octanol–water partition coefficient (Wildman–Crippen LogP) is 0.219. The number of aromatic nitrogens is 3. The molecular formula is C15H22N4O6. The number of carbonyl (C=O) groups excluding carboxylic acids is 3. The Morgan fingerprint density at radius 1 is 1.16 bits per heavy atom. The largest absolute Gasteiger partial charge is 0.379 e. The van der Waals surface area contributed by atoms with Crippen molar-refractivity contribution in [3.63, 3.8) is 0 Å². The molecule has 0 radical (unpaired) electrons. The molecule has 0 spiro atoms. The average molecular weight is 354 g/mol. The SMILES string of the molecule is CCCOCc1cn(CCOCCC(=O)ON2C(=O)CCC2=O)nn1. The Kier molecular flexibility index (Phi) is 7.48. The molecule has 0 bridgehead atoms. The summed E-state index contributed by atoms with van der Waals surface area (Å²) in [4.78, 5) is 38.9. The van der Waals surface area contributed by atoms with Crippen LogP contribution in [-0.4, -0.2) is 57.7 Å². The third kappa shape index (κ3) is 6.24. The van der Waals surface area contributed by atoms with Gasteiger partial charge in [-0.2, -0.15) is 0 Å². The lowest BCUT2D eigenvalue weighted by atomic mass is 10.4. The summed E-state index contributed by atoms with van der Waals surface area (Å²) in [6.45, 7) is 4.09. The molecule has 1 aliphatic heterocycles. The van der Waals surface area contributed by atoms with E-state index in [-0.39, 0.29) is 25.9 Å². The summed E-state index contributed by atoms with van der Waals surface area (Å²) in [5, 5.41) is 8.45. The summed E-state index contributed by atoms with van der Waals surface area (Å²) >= 11 is 0. The zero-order valence-corrected chi connectivity index (χ0v) is 14.2. The normalized spacial score (nSPS) is 14.4. The van der Waals surface area contributed by atoms with Crippen LogP contribution >= 0.6 is 0 Å². The van der Waals surface area contributed by atoms with Gasteiger partial charge >= 0.3 is 5.97 Å². The Balaban J connectivity index is 1.56. The van der Waals surface area contributed by atoms with Gasteiger partial charge in [-0.1, -0.05) is 12.1 Å². The maximum atomic E-state index is 11.6. The fourth-order valence-corrected chi connectivity index (χ4v) is 2.06. The van der Waals surface area contributed by atoms with Crippen molar-refractivity contribution in [3.8, 4) is 0 Å². The van der Waals surface area contributed by atoms with E-state index in [1.165, 1.54) is 0 Å². The fraction of sp³-hybridized carbons (Fsp3) is 0.667. The van der Waals surface area contributed by atoms with Crippen LogP contribution in [0.4, 0.5) is 0 Å². The molecule has 25 heavy (non-hydrogen) atoms. The maximum Gasteiger partial charge on any atom is 0.335 e. The van der Waals surface area contributed by atoms with Gasteiger partial charge in [0.05, 0.1) is 39.0 Å². The number of ether oxygens (including phenoxy) is 2. The molecule has 138 valence electrons. The monoisotopic (exact) mass is 354 g/mol. The second-order valence-electron chi connectivity index (χ2n) is 5.43. The van der Waals surface area contributed by atoms with Crippen LogP contribution in [0.25, 0.3) is 0 Å². The van der Waals surface area contributed by atoms with E-state index < -0.39 is 17.8 Å². The molecule has 1 saturated heterocycles. The Hall–Kier alpha value is -2.33. The summed E-state index contributed by atoms with van der Waals surface area (Å²) in [7, 11) is 0. The minimum Gasteiger partial charge on any atom is -0.379 e. The quantitative estimate of drug-likeness (QED) is 0.410. The number of amides is 2. The number of rotatable bonds is 11. The van der Waals surface area contributed by atoms with Crippen LogP contribution < -0.4 is 0 Å².